The van der Waals surface area contributed by atoms with Crippen LogP contribution in [-0.4, -0.2) is 74.1 Å². The van der Waals surface area contributed by atoms with Crippen molar-refractivity contribution >= 4 is 45.9 Å². The topological polar surface area (TPSA) is 98.0 Å². The summed E-state index contributed by atoms with van der Waals surface area (Å²) in [5.41, 5.74) is 16.6. The molecule has 0 unspecified atom stereocenters. The van der Waals surface area contributed by atoms with E-state index in [1.165, 1.54) is 0 Å². The van der Waals surface area contributed by atoms with Crippen molar-refractivity contribution in [2.75, 3.05) is 32.7 Å². The molecule has 1 amide bonds. The van der Waals surface area contributed by atoms with E-state index in [-0.39, 0.29) is 17.6 Å². The number of piperazine rings is 1. The number of carbonyl (C=O) groups is 2. The zero-order chi connectivity index (χ0) is 42.2. The standard InChI is InChI=1S/C54H48N6O2/c1-35(2)49(61)34-59-30-32-60(33-31-59)54(62)40-20-18-39(19-21-40)53-47-28-26-45(57-47)51(37-14-8-4-9-15-37)43-24-22-41(55-43)50(36-12-6-3-7-13-36)42-23-25-44(56-42)52(38-16-10-5-11-17-38)46-27-29-48(53)58-46/h3-22,24,26-29,35,55,58H,23,25,30-34H2,1-2H3. The molecule has 3 aliphatic rings. The second-order valence-electron chi connectivity index (χ2n) is 16.7. The maximum Gasteiger partial charge on any atom is 0.253 e. The average Bonchev–Trinajstić information content (AvgIpc) is 4.16. The van der Waals surface area contributed by atoms with Gasteiger partial charge in [0, 0.05) is 82.0 Å². The van der Waals surface area contributed by atoms with Gasteiger partial charge in [0.25, 0.3) is 5.91 Å². The molecule has 0 spiro atoms. The van der Waals surface area contributed by atoms with Crippen molar-refractivity contribution in [2.24, 2.45) is 5.92 Å². The minimum atomic E-state index is 0.000889. The maximum absolute atomic E-state index is 13.8. The molecule has 8 heteroatoms. The van der Waals surface area contributed by atoms with E-state index in [2.05, 4.69) is 130 Å². The molecular formula is C54H48N6O2. The lowest BCUT2D eigenvalue weighted by molar-refractivity contribution is -0.123. The van der Waals surface area contributed by atoms with E-state index in [0.29, 0.717) is 38.3 Å². The molecule has 1 fully saturated rings. The van der Waals surface area contributed by atoms with Crippen LogP contribution in [0.15, 0.2) is 140 Å². The number of benzene rings is 4. The first kappa shape index (κ1) is 39.0. The van der Waals surface area contributed by atoms with E-state index in [4.69, 9.17) is 9.97 Å². The lowest BCUT2D eigenvalue weighted by Gasteiger charge is -2.34. The third-order valence-corrected chi connectivity index (χ3v) is 12.3. The number of aryl methyl sites for hydroxylation is 2. The molecule has 4 aromatic carbocycles. The summed E-state index contributed by atoms with van der Waals surface area (Å²) in [4.78, 5) is 48.9. The molecule has 10 rings (SSSR count). The minimum Gasteiger partial charge on any atom is -0.354 e. The van der Waals surface area contributed by atoms with Crippen LogP contribution in [0.1, 0.15) is 47.0 Å². The molecule has 7 aromatic rings. The number of fused-ring (bicyclic) bond motifs is 8. The first-order valence-electron chi connectivity index (χ1n) is 21.6. The van der Waals surface area contributed by atoms with Gasteiger partial charge in [-0.2, -0.15) is 0 Å². The quantitative estimate of drug-likeness (QED) is 0.159. The molecule has 0 radical (unpaired) electrons. The normalized spacial score (nSPS) is 14.1. The number of nitrogens with one attached hydrogen (secondary N) is 2. The molecule has 2 N–H and O–H groups in total. The summed E-state index contributed by atoms with van der Waals surface area (Å²) in [7, 11) is 0. The van der Waals surface area contributed by atoms with Gasteiger partial charge in [0.1, 0.15) is 5.78 Å². The molecule has 62 heavy (non-hydrogen) atoms. The highest BCUT2D eigenvalue weighted by Gasteiger charge is 2.25. The van der Waals surface area contributed by atoms with Crippen LogP contribution < -0.4 is 0 Å². The van der Waals surface area contributed by atoms with Crippen LogP contribution in [0.5, 0.6) is 0 Å². The van der Waals surface area contributed by atoms with E-state index >= 15 is 0 Å². The molecule has 0 aliphatic carbocycles. The van der Waals surface area contributed by atoms with Gasteiger partial charge in [-0.1, -0.05) is 117 Å². The number of Topliss-reactive ketones (excluding diaryl/α,β-unsaturated/α-hetero) is 1. The number of amides is 1. The summed E-state index contributed by atoms with van der Waals surface area (Å²) in [5, 5.41) is 0. The Bertz CT molecular complexity index is 3000. The maximum atomic E-state index is 13.8. The van der Waals surface area contributed by atoms with Crippen LogP contribution in [0.3, 0.4) is 0 Å². The molecule has 3 aliphatic heterocycles. The lowest BCUT2D eigenvalue weighted by Crippen LogP contribution is -2.50. The van der Waals surface area contributed by atoms with Crippen LogP contribution >= 0.6 is 0 Å². The fourth-order valence-corrected chi connectivity index (χ4v) is 9.01. The molecule has 0 atom stereocenters. The Morgan fingerprint density at radius 1 is 0.516 bits per heavy atom. The number of ketones is 1. The Hall–Kier alpha value is -7.16. The Labute approximate surface area is 361 Å². The van der Waals surface area contributed by atoms with Crippen LogP contribution in [-0.2, 0) is 17.6 Å². The molecule has 0 saturated carbocycles. The van der Waals surface area contributed by atoms with Crippen LogP contribution in [0.25, 0.3) is 78.7 Å². The zero-order valence-corrected chi connectivity index (χ0v) is 35.1. The average molecular weight is 813 g/mol. The highest BCUT2D eigenvalue weighted by molar-refractivity contribution is 5.99. The summed E-state index contributed by atoms with van der Waals surface area (Å²) in [6.45, 7) is 6.87. The largest absolute Gasteiger partial charge is 0.354 e. The highest BCUT2D eigenvalue weighted by Crippen LogP contribution is 2.38. The van der Waals surface area contributed by atoms with Crippen molar-refractivity contribution in [1.29, 1.82) is 0 Å². The molecular weight excluding hydrogens is 765 g/mol. The van der Waals surface area contributed by atoms with Crippen molar-refractivity contribution in [2.45, 2.75) is 26.7 Å². The first-order chi connectivity index (χ1) is 30.4. The Morgan fingerprint density at radius 3 is 1.39 bits per heavy atom. The zero-order valence-electron chi connectivity index (χ0n) is 35.1. The third kappa shape index (κ3) is 7.58. The summed E-state index contributed by atoms with van der Waals surface area (Å²) in [5.74, 6) is 0.245. The summed E-state index contributed by atoms with van der Waals surface area (Å²) in [6, 6.07) is 48.1. The highest BCUT2D eigenvalue weighted by atomic mass is 16.2. The van der Waals surface area contributed by atoms with Gasteiger partial charge in [-0.05, 0) is 83.6 Å². The molecule has 306 valence electrons. The SMILES string of the molecule is CC(C)C(=O)CN1CCN(C(=O)c2ccc(-c3c4nc(c(-c5ccccc5)c5ccc([nH]5)c(-c5ccccc5)c5nc(c(-c6ccccc6)c6ccc3[nH]6)CC5)C=C4)cc2)CC1. The Balaban J connectivity index is 1.17. The van der Waals surface area contributed by atoms with Gasteiger partial charge in [0.2, 0.25) is 0 Å². The van der Waals surface area contributed by atoms with Gasteiger partial charge < -0.3 is 14.9 Å². The van der Waals surface area contributed by atoms with Crippen molar-refractivity contribution in [1.82, 2.24) is 29.7 Å². The van der Waals surface area contributed by atoms with Crippen LogP contribution in [0.4, 0.5) is 0 Å². The summed E-state index contributed by atoms with van der Waals surface area (Å²) in [6.07, 6.45) is 5.81. The second kappa shape index (κ2) is 16.7. The van der Waals surface area contributed by atoms with Gasteiger partial charge in [-0.3, -0.25) is 19.5 Å². The number of rotatable bonds is 8. The predicted molar refractivity (Wildman–Crippen MR) is 251 cm³/mol. The van der Waals surface area contributed by atoms with E-state index in [1.54, 1.807) is 0 Å². The number of carbonyl (C=O) groups excluding carboxylic acids is 2. The summed E-state index contributed by atoms with van der Waals surface area (Å²) < 4.78 is 0. The van der Waals surface area contributed by atoms with Crippen molar-refractivity contribution in [3.05, 3.63) is 168 Å². The van der Waals surface area contributed by atoms with Crippen LogP contribution in [0, 0.1) is 5.92 Å². The fourth-order valence-electron chi connectivity index (χ4n) is 9.01. The summed E-state index contributed by atoms with van der Waals surface area (Å²) >= 11 is 0. The Morgan fingerprint density at radius 2 is 0.935 bits per heavy atom. The number of aromatic nitrogens is 4. The van der Waals surface area contributed by atoms with Gasteiger partial charge in [0.05, 0.1) is 29.3 Å². The van der Waals surface area contributed by atoms with E-state index in [0.717, 1.165) is 102 Å². The molecule has 6 heterocycles. The van der Waals surface area contributed by atoms with Gasteiger partial charge in [0.15, 0.2) is 0 Å². The van der Waals surface area contributed by atoms with E-state index in [9.17, 15) is 9.59 Å². The number of hydrogen-bond donors (Lipinski definition) is 2. The molecule has 3 aromatic heterocycles. The minimum absolute atomic E-state index is 0.000889. The fraction of sp³-hybridized carbons (Fsp3) is 0.185. The van der Waals surface area contributed by atoms with Crippen molar-refractivity contribution in [3.63, 3.8) is 0 Å². The van der Waals surface area contributed by atoms with Crippen molar-refractivity contribution < 1.29 is 9.59 Å². The number of aromatic amines is 2. The first-order valence-corrected chi connectivity index (χ1v) is 21.6. The van der Waals surface area contributed by atoms with Crippen molar-refractivity contribution in [3.8, 4) is 44.5 Å². The monoisotopic (exact) mass is 812 g/mol. The second-order valence-corrected chi connectivity index (χ2v) is 16.7. The van der Waals surface area contributed by atoms with Crippen LogP contribution in [0.2, 0.25) is 0 Å². The van der Waals surface area contributed by atoms with Gasteiger partial charge in [-0.15, -0.1) is 0 Å². The molecule has 8 nitrogen and oxygen atoms in total. The number of hydrogen-bond acceptors (Lipinski definition) is 5. The Kier molecular flexibility index (Phi) is 10.5. The number of nitrogens with zero attached hydrogens (tertiary/aromatic N) is 4. The van der Waals surface area contributed by atoms with E-state index in [1.807, 2.05) is 55.1 Å². The smallest absolute Gasteiger partial charge is 0.253 e. The molecule has 1 saturated heterocycles. The lowest BCUT2D eigenvalue weighted by atomic mass is 10.0. The van der Waals surface area contributed by atoms with E-state index < -0.39 is 0 Å². The van der Waals surface area contributed by atoms with Gasteiger partial charge in [-0.25, -0.2) is 4.98 Å². The van der Waals surface area contributed by atoms with Gasteiger partial charge >= 0.3 is 0 Å². The third-order valence-electron chi connectivity index (χ3n) is 12.3. The predicted octanol–water partition coefficient (Wildman–Crippen LogP) is 10.9. The number of H-pyrrole nitrogens is 2. The molecule has 8 bridgehead atoms.